The maximum atomic E-state index is 12.0. The number of hydrogen-bond acceptors (Lipinski definition) is 3. The summed E-state index contributed by atoms with van der Waals surface area (Å²) in [4.78, 5) is 24.0. The van der Waals surface area contributed by atoms with Gasteiger partial charge < -0.3 is 10.1 Å². The first-order valence-electron chi connectivity index (χ1n) is 7.56. The maximum Gasteiger partial charge on any atom is 0.287 e. The number of amides is 1. The summed E-state index contributed by atoms with van der Waals surface area (Å²) in [6, 6.07) is 17.1. The first-order chi connectivity index (χ1) is 11.1. The first-order valence-corrected chi connectivity index (χ1v) is 7.56. The van der Waals surface area contributed by atoms with Gasteiger partial charge in [-0.1, -0.05) is 54.6 Å². The Balaban J connectivity index is 1.92. The quantitative estimate of drug-likeness (QED) is 0.800. The Kier molecular flexibility index (Phi) is 6.06. The Bertz CT molecular complexity index is 667. The third-order valence-corrected chi connectivity index (χ3v) is 3.69. The molecule has 0 fully saturated rings. The fourth-order valence-electron chi connectivity index (χ4n) is 2.23. The van der Waals surface area contributed by atoms with Gasteiger partial charge in [0.2, 0.25) is 5.78 Å². The van der Waals surface area contributed by atoms with Crippen molar-refractivity contribution >= 4 is 11.7 Å². The lowest BCUT2D eigenvalue weighted by Crippen LogP contribution is -2.31. The normalized spacial score (nSPS) is 11.7. The summed E-state index contributed by atoms with van der Waals surface area (Å²) in [5.74, 6) is -0.998. The molecule has 1 atom stereocenters. The highest BCUT2D eigenvalue weighted by atomic mass is 16.5. The standard InChI is InChI=1S/C19H21NO3/c1-14(23-2)17-10-6-9-16(11-17)12-18(21)19(22)20-13-15-7-4-3-5-8-15/h3-11,14H,12-13H2,1-2H3,(H,20,22)/t14-/m1/s1. The molecule has 0 aliphatic heterocycles. The molecule has 1 N–H and O–H groups in total. The van der Waals surface area contributed by atoms with Gasteiger partial charge in [-0.15, -0.1) is 0 Å². The molecule has 0 heterocycles. The number of rotatable bonds is 7. The van der Waals surface area contributed by atoms with Crippen LogP contribution < -0.4 is 5.32 Å². The second-order valence-electron chi connectivity index (χ2n) is 5.39. The van der Waals surface area contributed by atoms with Crippen LogP contribution in [-0.4, -0.2) is 18.8 Å². The summed E-state index contributed by atoms with van der Waals surface area (Å²) in [6.45, 7) is 2.29. The summed E-state index contributed by atoms with van der Waals surface area (Å²) in [7, 11) is 1.64. The number of hydrogen-bond donors (Lipinski definition) is 1. The average Bonchev–Trinajstić information content (AvgIpc) is 2.60. The highest BCUT2D eigenvalue weighted by Gasteiger charge is 2.14. The van der Waals surface area contributed by atoms with E-state index < -0.39 is 11.7 Å². The number of carbonyl (C=O) groups excluding carboxylic acids is 2. The van der Waals surface area contributed by atoms with Crippen molar-refractivity contribution in [3.8, 4) is 0 Å². The molecule has 0 bridgehead atoms. The van der Waals surface area contributed by atoms with E-state index in [0.29, 0.717) is 6.54 Å². The van der Waals surface area contributed by atoms with Gasteiger partial charge in [0.1, 0.15) is 0 Å². The van der Waals surface area contributed by atoms with E-state index in [4.69, 9.17) is 4.74 Å². The Morgan fingerprint density at radius 3 is 2.43 bits per heavy atom. The predicted molar refractivity (Wildman–Crippen MR) is 88.9 cm³/mol. The molecule has 23 heavy (non-hydrogen) atoms. The molecule has 2 aromatic carbocycles. The van der Waals surface area contributed by atoms with Gasteiger partial charge in [0.05, 0.1) is 6.10 Å². The number of methoxy groups -OCH3 is 1. The molecule has 0 unspecified atom stereocenters. The zero-order chi connectivity index (χ0) is 16.7. The molecule has 0 aliphatic carbocycles. The Morgan fingerprint density at radius 1 is 1.04 bits per heavy atom. The van der Waals surface area contributed by atoms with Crippen LogP contribution in [0.25, 0.3) is 0 Å². The van der Waals surface area contributed by atoms with Crippen molar-refractivity contribution < 1.29 is 14.3 Å². The van der Waals surface area contributed by atoms with Gasteiger partial charge in [0.15, 0.2) is 0 Å². The van der Waals surface area contributed by atoms with E-state index in [9.17, 15) is 9.59 Å². The maximum absolute atomic E-state index is 12.0. The van der Waals surface area contributed by atoms with E-state index in [2.05, 4.69) is 5.32 Å². The summed E-state index contributed by atoms with van der Waals surface area (Å²) >= 11 is 0. The molecule has 1 amide bonds. The van der Waals surface area contributed by atoms with E-state index >= 15 is 0 Å². The highest BCUT2D eigenvalue weighted by molar-refractivity contribution is 6.36. The molecule has 0 spiro atoms. The molecule has 0 saturated carbocycles. The van der Waals surface area contributed by atoms with Gasteiger partial charge in [0, 0.05) is 20.1 Å². The molecule has 0 aromatic heterocycles. The van der Waals surface area contributed by atoms with Crippen LogP contribution in [0.1, 0.15) is 29.7 Å². The van der Waals surface area contributed by atoms with Gasteiger partial charge >= 0.3 is 0 Å². The minimum atomic E-state index is -0.556. The van der Waals surface area contributed by atoms with Gasteiger partial charge in [-0.05, 0) is 23.6 Å². The van der Waals surface area contributed by atoms with Crippen LogP contribution in [0.2, 0.25) is 0 Å². The van der Waals surface area contributed by atoms with Crippen LogP contribution in [0.4, 0.5) is 0 Å². The van der Waals surface area contributed by atoms with Crippen LogP contribution in [0.3, 0.4) is 0 Å². The van der Waals surface area contributed by atoms with E-state index in [1.807, 2.05) is 61.5 Å². The lowest BCUT2D eigenvalue weighted by Gasteiger charge is -2.11. The number of ketones is 1. The van der Waals surface area contributed by atoms with Gasteiger partial charge in [-0.2, -0.15) is 0 Å². The highest BCUT2D eigenvalue weighted by Crippen LogP contribution is 2.17. The molecule has 120 valence electrons. The van der Waals surface area contributed by atoms with Crippen molar-refractivity contribution in [1.29, 1.82) is 0 Å². The topological polar surface area (TPSA) is 55.4 Å². The number of nitrogens with one attached hydrogen (secondary N) is 1. The number of benzene rings is 2. The molecule has 2 rings (SSSR count). The minimum absolute atomic E-state index is 0.0445. The van der Waals surface area contributed by atoms with Crippen molar-refractivity contribution in [2.75, 3.05) is 7.11 Å². The van der Waals surface area contributed by atoms with Crippen LogP contribution in [0, 0.1) is 0 Å². The smallest absolute Gasteiger partial charge is 0.287 e. The van der Waals surface area contributed by atoms with Crippen LogP contribution in [0.15, 0.2) is 54.6 Å². The summed E-state index contributed by atoms with van der Waals surface area (Å²) in [5, 5.41) is 2.65. The molecular formula is C19H21NO3. The summed E-state index contributed by atoms with van der Waals surface area (Å²) in [5.41, 5.74) is 2.76. The van der Waals surface area contributed by atoms with Crippen LogP contribution >= 0.6 is 0 Å². The lowest BCUT2D eigenvalue weighted by molar-refractivity contribution is -0.137. The summed E-state index contributed by atoms with van der Waals surface area (Å²) in [6.07, 6.45) is 0.0437. The number of Topliss-reactive ketones (excluding diaryl/α,β-unsaturated/α-hetero) is 1. The molecule has 0 saturated heterocycles. The molecule has 2 aromatic rings. The predicted octanol–water partition coefficient (Wildman–Crippen LogP) is 2.82. The van der Waals surface area contributed by atoms with E-state index in [1.54, 1.807) is 7.11 Å². The van der Waals surface area contributed by atoms with Crippen molar-refractivity contribution in [2.45, 2.75) is 26.0 Å². The number of carbonyl (C=O) groups is 2. The fourth-order valence-corrected chi connectivity index (χ4v) is 2.23. The van der Waals surface area contributed by atoms with Crippen molar-refractivity contribution in [3.05, 3.63) is 71.3 Å². The largest absolute Gasteiger partial charge is 0.377 e. The zero-order valence-electron chi connectivity index (χ0n) is 13.4. The molecule has 4 nitrogen and oxygen atoms in total. The first kappa shape index (κ1) is 16.9. The SMILES string of the molecule is CO[C@H](C)c1cccc(CC(=O)C(=O)NCc2ccccc2)c1. The lowest BCUT2D eigenvalue weighted by atomic mass is 10.0. The van der Waals surface area contributed by atoms with Crippen LogP contribution in [-0.2, 0) is 27.3 Å². The van der Waals surface area contributed by atoms with Gasteiger partial charge in [-0.3, -0.25) is 9.59 Å². The van der Waals surface area contributed by atoms with Gasteiger partial charge in [0.25, 0.3) is 5.91 Å². The van der Waals surface area contributed by atoms with Crippen molar-refractivity contribution in [3.63, 3.8) is 0 Å². The van der Waals surface area contributed by atoms with E-state index in [0.717, 1.165) is 16.7 Å². The zero-order valence-corrected chi connectivity index (χ0v) is 13.4. The third kappa shape index (κ3) is 5.04. The fraction of sp³-hybridized carbons (Fsp3) is 0.263. The average molecular weight is 311 g/mol. The van der Waals surface area contributed by atoms with E-state index in [1.165, 1.54) is 0 Å². The Hall–Kier alpha value is -2.46. The minimum Gasteiger partial charge on any atom is -0.377 e. The molecule has 4 heteroatoms. The van der Waals surface area contributed by atoms with E-state index in [-0.39, 0.29) is 12.5 Å². The van der Waals surface area contributed by atoms with Crippen LogP contribution in [0.5, 0.6) is 0 Å². The van der Waals surface area contributed by atoms with Crippen molar-refractivity contribution in [2.24, 2.45) is 0 Å². The second-order valence-corrected chi connectivity index (χ2v) is 5.39. The molecular weight excluding hydrogens is 290 g/mol. The molecule has 0 radical (unpaired) electrons. The Morgan fingerprint density at radius 2 is 1.74 bits per heavy atom. The third-order valence-electron chi connectivity index (χ3n) is 3.69. The van der Waals surface area contributed by atoms with Gasteiger partial charge in [-0.25, -0.2) is 0 Å². The second kappa shape index (κ2) is 8.25. The monoisotopic (exact) mass is 311 g/mol. The Labute approximate surface area is 136 Å². The van der Waals surface area contributed by atoms with Crippen molar-refractivity contribution in [1.82, 2.24) is 5.32 Å². The summed E-state index contributed by atoms with van der Waals surface area (Å²) < 4.78 is 5.27. The number of ether oxygens (including phenoxy) is 1. The molecule has 0 aliphatic rings.